The number of carbonyl (C=O) groups is 2. The van der Waals surface area contributed by atoms with E-state index in [1.165, 1.54) is 18.0 Å². The summed E-state index contributed by atoms with van der Waals surface area (Å²) in [5.74, 6) is 0.627. The molecule has 1 heterocycles. The van der Waals surface area contributed by atoms with Gasteiger partial charge in [-0.05, 0) is 43.3 Å². The molecule has 0 fully saturated rings. The van der Waals surface area contributed by atoms with E-state index in [9.17, 15) is 9.59 Å². The molecule has 0 bridgehead atoms. The van der Waals surface area contributed by atoms with Crippen molar-refractivity contribution < 1.29 is 19.1 Å². The fourth-order valence-corrected chi connectivity index (χ4v) is 2.71. The van der Waals surface area contributed by atoms with E-state index < -0.39 is 5.97 Å². The van der Waals surface area contributed by atoms with Crippen LogP contribution >= 0.6 is 0 Å². The Morgan fingerprint density at radius 3 is 2.43 bits per heavy atom. The van der Waals surface area contributed by atoms with E-state index in [-0.39, 0.29) is 23.9 Å². The van der Waals surface area contributed by atoms with Gasteiger partial charge in [0.15, 0.2) is 5.82 Å². The van der Waals surface area contributed by atoms with E-state index in [4.69, 9.17) is 9.47 Å². The molecule has 0 radical (unpaired) electrons. The number of amides is 1. The van der Waals surface area contributed by atoms with Crippen LogP contribution in [0.2, 0.25) is 0 Å². The smallest absolute Gasteiger partial charge is 0.341 e. The minimum absolute atomic E-state index is 0.213. The zero-order valence-corrected chi connectivity index (χ0v) is 15.7. The second kappa shape index (κ2) is 8.81. The summed E-state index contributed by atoms with van der Waals surface area (Å²) in [6.45, 7) is 3.36. The quantitative estimate of drug-likeness (QED) is 0.582. The molecule has 0 saturated carbocycles. The van der Waals surface area contributed by atoms with E-state index in [0.717, 1.165) is 0 Å². The van der Waals surface area contributed by atoms with Crippen LogP contribution in [0.25, 0.3) is 0 Å². The summed E-state index contributed by atoms with van der Waals surface area (Å²) in [6, 6.07) is 19.6. The lowest BCUT2D eigenvalue weighted by Crippen LogP contribution is -2.26. The average molecular weight is 376 g/mol. The SMILES string of the molecule is CCOC(=O)c1cccnc1N(C(C)=O)c1cccc(Oc2ccccc2)c1. The number of hydrogen-bond donors (Lipinski definition) is 0. The van der Waals surface area contributed by atoms with Gasteiger partial charge in [-0.15, -0.1) is 0 Å². The molecule has 0 atom stereocenters. The number of aromatic nitrogens is 1. The molecule has 2 aromatic carbocycles. The molecule has 0 aliphatic heterocycles. The van der Waals surface area contributed by atoms with Gasteiger partial charge < -0.3 is 9.47 Å². The molecule has 0 aliphatic carbocycles. The van der Waals surface area contributed by atoms with Crippen LogP contribution in [0.3, 0.4) is 0 Å². The number of esters is 1. The van der Waals surface area contributed by atoms with Crippen LogP contribution in [0.5, 0.6) is 11.5 Å². The minimum atomic E-state index is -0.534. The van der Waals surface area contributed by atoms with Crippen LogP contribution in [-0.4, -0.2) is 23.5 Å². The van der Waals surface area contributed by atoms with Crippen LogP contribution in [0.4, 0.5) is 11.5 Å². The molecule has 0 N–H and O–H groups in total. The molecule has 0 spiro atoms. The number of benzene rings is 2. The third-order valence-electron chi connectivity index (χ3n) is 3.86. The number of nitrogens with zero attached hydrogens (tertiary/aromatic N) is 2. The van der Waals surface area contributed by atoms with Crippen LogP contribution < -0.4 is 9.64 Å². The monoisotopic (exact) mass is 376 g/mol. The molecule has 28 heavy (non-hydrogen) atoms. The fraction of sp³-hybridized carbons (Fsp3) is 0.136. The van der Waals surface area contributed by atoms with Crippen molar-refractivity contribution in [3.05, 3.63) is 78.5 Å². The van der Waals surface area contributed by atoms with Crippen molar-refractivity contribution in [2.24, 2.45) is 0 Å². The number of para-hydroxylation sites is 1. The summed E-state index contributed by atoms with van der Waals surface area (Å²) in [5, 5.41) is 0. The molecular weight excluding hydrogens is 356 g/mol. The molecule has 0 saturated heterocycles. The Morgan fingerprint density at radius 2 is 1.71 bits per heavy atom. The van der Waals surface area contributed by atoms with Crippen molar-refractivity contribution in [3.63, 3.8) is 0 Å². The first kappa shape index (κ1) is 19.1. The first-order valence-corrected chi connectivity index (χ1v) is 8.86. The molecule has 1 amide bonds. The summed E-state index contributed by atoms with van der Waals surface area (Å²) < 4.78 is 10.9. The topological polar surface area (TPSA) is 68.7 Å². The molecule has 6 nitrogen and oxygen atoms in total. The summed E-state index contributed by atoms with van der Waals surface area (Å²) in [4.78, 5) is 30.4. The lowest BCUT2D eigenvalue weighted by atomic mass is 10.2. The third-order valence-corrected chi connectivity index (χ3v) is 3.86. The van der Waals surface area contributed by atoms with E-state index in [2.05, 4.69) is 4.98 Å². The first-order chi connectivity index (χ1) is 13.6. The van der Waals surface area contributed by atoms with Gasteiger partial charge in [-0.2, -0.15) is 0 Å². The van der Waals surface area contributed by atoms with Gasteiger partial charge in [0.2, 0.25) is 5.91 Å². The van der Waals surface area contributed by atoms with Crippen molar-refractivity contribution in [1.29, 1.82) is 0 Å². The zero-order valence-electron chi connectivity index (χ0n) is 15.7. The fourth-order valence-electron chi connectivity index (χ4n) is 2.71. The van der Waals surface area contributed by atoms with Gasteiger partial charge >= 0.3 is 5.97 Å². The highest BCUT2D eigenvalue weighted by Crippen LogP contribution is 2.31. The summed E-state index contributed by atoms with van der Waals surface area (Å²) in [6.07, 6.45) is 1.53. The molecule has 142 valence electrons. The predicted octanol–water partition coefficient (Wildman–Crippen LogP) is 4.74. The van der Waals surface area contributed by atoms with E-state index in [0.29, 0.717) is 17.2 Å². The Labute approximate surface area is 163 Å². The number of anilines is 2. The number of carbonyl (C=O) groups excluding carboxylic acids is 2. The van der Waals surface area contributed by atoms with Gasteiger partial charge in [0.1, 0.15) is 17.1 Å². The summed E-state index contributed by atoms with van der Waals surface area (Å²) in [5.41, 5.74) is 0.749. The Hall–Kier alpha value is -3.67. The standard InChI is InChI=1S/C22H20N2O4/c1-3-27-22(26)20-13-8-14-23-21(20)24(16(2)25)17-9-7-12-19(15-17)28-18-10-5-4-6-11-18/h4-15H,3H2,1-2H3. The van der Waals surface area contributed by atoms with Crippen molar-refractivity contribution in [2.45, 2.75) is 13.8 Å². The van der Waals surface area contributed by atoms with Gasteiger partial charge in [0.05, 0.1) is 12.3 Å². The highest BCUT2D eigenvalue weighted by molar-refractivity contribution is 6.04. The maximum absolute atomic E-state index is 12.4. The molecule has 1 aromatic heterocycles. The Morgan fingerprint density at radius 1 is 0.964 bits per heavy atom. The maximum Gasteiger partial charge on any atom is 0.341 e. The van der Waals surface area contributed by atoms with Gasteiger partial charge in [0.25, 0.3) is 0 Å². The van der Waals surface area contributed by atoms with E-state index in [1.807, 2.05) is 30.3 Å². The number of rotatable bonds is 6. The number of ether oxygens (including phenoxy) is 2. The molecule has 6 heteroatoms. The second-order valence-electron chi connectivity index (χ2n) is 5.86. The van der Waals surface area contributed by atoms with Crippen molar-refractivity contribution >= 4 is 23.4 Å². The van der Waals surface area contributed by atoms with Crippen molar-refractivity contribution in [1.82, 2.24) is 4.98 Å². The number of hydrogen-bond acceptors (Lipinski definition) is 5. The lowest BCUT2D eigenvalue weighted by molar-refractivity contribution is -0.115. The van der Waals surface area contributed by atoms with Crippen LogP contribution in [-0.2, 0) is 9.53 Å². The predicted molar refractivity (Wildman–Crippen MR) is 106 cm³/mol. The highest BCUT2D eigenvalue weighted by Gasteiger charge is 2.23. The molecule has 3 aromatic rings. The Balaban J connectivity index is 1.99. The molecular formula is C22H20N2O4. The van der Waals surface area contributed by atoms with Gasteiger partial charge in [-0.25, -0.2) is 9.78 Å². The molecule has 0 unspecified atom stereocenters. The third kappa shape index (κ3) is 4.35. The van der Waals surface area contributed by atoms with E-state index >= 15 is 0 Å². The molecule has 0 aliphatic rings. The van der Waals surface area contributed by atoms with Gasteiger partial charge in [-0.3, -0.25) is 9.69 Å². The normalized spacial score (nSPS) is 10.2. The Kier molecular flexibility index (Phi) is 6.01. The second-order valence-corrected chi connectivity index (χ2v) is 5.86. The summed E-state index contributed by atoms with van der Waals surface area (Å²) in [7, 11) is 0. The van der Waals surface area contributed by atoms with Crippen LogP contribution in [0, 0.1) is 0 Å². The molecule has 3 rings (SSSR count). The number of pyridine rings is 1. The highest BCUT2D eigenvalue weighted by atomic mass is 16.5. The van der Waals surface area contributed by atoms with Crippen LogP contribution in [0.15, 0.2) is 72.9 Å². The van der Waals surface area contributed by atoms with Crippen LogP contribution in [0.1, 0.15) is 24.2 Å². The zero-order chi connectivity index (χ0) is 19.9. The minimum Gasteiger partial charge on any atom is -0.462 e. The van der Waals surface area contributed by atoms with Crippen molar-refractivity contribution in [3.8, 4) is 11.5 Å². The van der Waals surface area contributed by atoms with Gasteiger partial charge in [0, 0.05) is 19.2 Å². The van der Waals surface area contributed by atoms with Gasteiger partial charge in [-0.1, -0.05) is 24.3 Å². The average Bonchev–Trinajstić information content (AvgIpc) is 2.69. The van der Waals surface area contributed by atoms with Crippen molar-refractivity contribution in [2.75, 3.05) is 11.5 Å². The lowest BCUT2D eigenvalue weighted by Gasteiger charge is -2.22. The Bertz CT molecular complexity index is 973. The largest absolute Gasteiger partial charge is 0.462 e. The maximum atomic E-state index is 12.4. The van der Waals surface area contributed by atoms with E-state index in [1.54, 1.807) is 43.3 Å². The summed E-state index contributed by atoms with van der Waals surface area (Å²) >= 11 is 0. The first-order valence-electron chi connectivity index (χ1n) is 8.86.